The van der Waals surface area contributed by atoms with E-state index in [0.29, 0.717) is 11.1 Å². The van der Waals surface area contributed by atoms with Crippen molar-refractivity contribution in [3.63, 3.8) is 0 Å². The summed E-state index contributed by atoms with van der Waals surface area (Å²) in [6, 6.07) is 34.0. The molecule has 238 valence electrons. The molecule has 5 aromatic rings. The van der Waals surface area contributed by atoms with E-state index in [0.717, 1.165) is 29.5 Å². The minimum absolute atomic E-state index is 0.00103. The number of benzene rings is 4. The molecule has 3 aliphatic rings. The quantitative estimate of drug-likeness (QED) is 0.235. The van der Waals surface area contributed by atoms with Gasteiger partial charge in [-0.15, -0.1) is 0 Å². The summed E-state index contributed by atoms with van der Waals surface area (Å²) in [5.74, 6) is -1.23. The Morgan fingerprint density at radius 1 is 0.625 bits per heavy atom. The van der Waals surface area contributed by atoms with Crippen LogP contribution >= 0.6 is 0 Å². The Labute approximate surface area is 277 Å². The lowest BCUT2D eigenvalue weighted by Gasteiger charge is -2.44. The molecule has 9 heteroatoms. The molecule has 9 nitrogen and oxygen atoms in total. The maximum Gasteiger partial charge on any atom is 0.277 e. The van der Waals surface area contributed by atoms with Crippen LogP contribution in [0.5, 0.6) is 5.75 Å². The van der Waals surface area contributed by atoms with Gasteiger partial charge in [0.15, 0.2) is 11.4 Å². The molecule has 4 aromatic carbocycles. The number of amides is 3. The van der Waals surface area contributed by atoms with Crippen molar-refractivity contribution in [2.45, 2.75) is 25.5 Å². The fourth-order valence-electron chi connectivity index (χ4n) is 7.10. The highest BCUT2D eigenvalue weighted by molar-refractivity contribution is 6.21. The van der Waals surface area contributed by atoms with E-state index >= 15 is 0 Å². The standard InChI is InChI=1S/C39H32N4O5/c44-33-20-21-42-35(36(33)48-24-26-10-2-1-3-11-26)39(47)40(22-23-41-37(45)31-16-8-9-17-32(31)38(41)46)25-43(42)34-29-14-6-4-12-27(29)18-19-28-13-5-7-15-30(28)34/h1-17,20-21,34H,18-19,22-25H2. The van der Waals surface area contributed by atoms with Crippen molar-refractivity contribution in [3.05, 3.63) is 170 Å². The highest BCUT2D eigenvalue weighted by Gasteiger charge is 2.40. The van der Waals surface area contributed by atoms with Gasteiger partial charge in [-0.2, -0.15) is 0 Å². The number of fused-ring (bicyclic) bond motifs is 4. The predicted octanol–water partition coefficient (Wildman–Crippen LogP) is 4.96. The Morgan fingerprint density at radius 2 is 1.21 bits per heavy atom. The van der Waals surface area contributed by atoms with Crippen LogP contribution in [0.4, 0.5) is 0 Å². The normalized spacial score (nSPS) is 15.5. The van der Waals surface area contributed by atoms with Crippen LogP contribution in [0, 0.1) is 0 Å². The average molecular weight is 637 g/mol. The molecular weight excluding hydrogens is 604 g/mol. The summed E-state index contributed by atoms with van der Waals surface area (Å²) in [7, 11) is 0. The van der Waals surface area contributed by atoms with E-state index in [1.54, 1.807) is 40.0 Å². The number of aromatic nitrogens is 1. The molecule has 3 heterocycles. The maximum atomic E-state index is 14.4. The number of carbonyl (C=O) groups is 3. The average Bonchev–Trinajstić information content (AvgIpc) is 3.25. The summed E-state index contributed by atoms with van der Waals surface area (Å²) in [6.07, 6.45) is 3.37. The molecule has 0 radical (unpaired) electrons. The first-order valence-electron chi connectivity index (χ1n) is 16.1. The Morgan fingerprint density at radius 3 is 1.85 bits per heavy atom. The molecule has 8 rings (SSSR count). The molecule has 0 spiro atoms. The van der Waals surface area contributed by atoms with Gasteiger partial charge in [-0.3, -0.25) is 33.8 Å². The molecule has 3 amide bonds. The summed E-state index contributed by atoms with van der Waals surface area (Å²) in [5.41, 5.74) is 5.88. The summed E-state index contributed by atoms with van der Waals surface area (Å²) in [4.78, 5) is 57.1. The van der Waals surface area contributed by atoms with Gasteiger partial charge in [0, 0.05) is 25.4 Å². The van der Waals surface area contributed by atoms with E-state index in [1.165, 1.54) is 22.1 Å². The van der Waals surface area contributed by atoms with Gasteiger partial charge in [0.05, 0.1) is 17.2 Å². The van der Waals surface area contributed by atoms with Crippen LogP contribution in [-0.4, -0.2) is 52.0 Å². The van der Waals surface area contributed by atoms with Gasteiger partial charge in [-0.05, 0) is 52.8 Å². The zero-order valence-electron chi connectivity index (χ0n) is 26.1. The zero-order chi connectivity index (χ0) is 32.8. The lowest BCUT2D eigenvalue weighted by Crippen LogP contribution is -2.57. The van der Waals surface area contributed by atoms with Crippen molar-refractivity contribution < 1.29 is 19.1 Å². The van der Waals surface area contributed by atoms with Gasteiger partial charge >= 0.3 is 0 Å². The lowest BCUT2D eigenvalue weighted by atomic mass is 9.94. The van der Waals surface area contributed by atoms with Gasteiger partial charge in [0.1, 0.15) is 13.3 Å². The number of pyridine rings is 1. The largest absolute Gasteiger partial charge is 0.482 e. The molecule has 1 aromatic heterocycles. The lowest BCUT2D eigenvalue weighted by molar-refractivity contribution is 0.0565. The molecule has 0 fully saturated rings. The first-order valence-corrected chi connectivity index (χ1v) is 16.1. The summed E-state index contributed by atoms with van der Waals surface area (Å²) in [5, 5.41) is 2.08. The predicted molar refractivity (Wildman–Crippen MR) is 180 cm³/mol. The van der Waals surface area contributed by atoms with Crippen LogP contribution in [0.1, 0.15) is 65.1 Å². The molecule has 0 saturated carbocycles. The minimum atomic E-state index is -0.418. The third kappa shape index (κ3) is 4.95. The molecule has 0 unspecified atom stereocenters. The monoisotopic (exact) mass is 636 g/mol. The van der Waals surface area contributed by atoms with Gasteiger partial charge < -0.3 is 9.64 Å². The second-order valence-corrected chi connectivity index (χ2v) is 12.2. The molecule has 48 heavy (non-hydrogen) atoms. The smallest absolute Gasteiger partial charge is 0.277 e. The summed E-state index contributed by atoms with van der Waals surface area (Å²) < 4.78 is 7.92. The Kier molecular flexibility index (Phi) is 7.36. The number of nitrogens with zero attached hydrogens (tertiary/aromatic N) is 4. The first-order chi connectivity index (χ1) is 23.5. The van der Waals surface area contributed by atoms with Gasteiger partial charge in [-0.1, -0.05) is 91.0 Å². The second kappa shape index (κ2) is 12.0. The Hall–Kier alpha value is -5.96. The fraction of sp³-hybridized carbons (Fsp3) is 0.179. The number of ether oxygens (including phenoxy) is 1. The minimum Gasteiger partial charge on any atom is -0.482 e. The van der Waals surface area contributed by atoms with Crippen LogP contribution in [0.2, 0.25) is 0 Å². The molecule has 1 aliphatic carbocycles. The topological polar surface area (TPSA) is 92.2 Å². The molecule has 0 atom stereocenters. The van der Waals surface area contributed by atoms with Crippen LogP contribution < -0.4 is 15.2 Å². The Bertz CT molecular complexity index is 2060. The van der Waals surface area contributed by atoms with Crippen molar-refractivity contribution in [1.82, 2.24) is 14.5 Å². The third-order valence-electron chi connectivity index (χ3n) is 9.48. The highest BCUT2D eigenvalue weighted by atomic mass is 16.5. The first kappa shape index (κ1) is 29.4. The molecule has 2 aliphatic heterocycles. The maximum absolute atomic E-state index is 14.4. The number of imide groups is 1. The number of hydrogen-bond donors (Lipinski definition) is 0. The van der Waals surface area contributed by atoms with E-state index < -0.39 is 11.3 Å². The van der Waals surface area contributed by atoms with E-state index in [2.05, 4.69) is 29.3 Å². The number of aryl methyl sites for hydroxylation is 2. The second-order valence-electron chi connectivity index (χ2n) is 12.2. The number of rotatable bonds is 7. The van der Waals surface area contributed by atoms with Gasteiger partial charge in [-0.25, -0.2) is 0 Å². The van der Waals surface area contributed by atoms with Crippen molar-refractivity contribution in [2.24, 2.45) is 0 Å². The molecule has 0 N–H and O–H groups in total. The molecule has 0 bridgehead atoms. The van der Waals surface area contributed by atoms with E-state index in [4.69, 9.17) is 4.74 Å². The number of hydrogen-bond acceptors (Lipinski definition) is 6. The summed E-state index contributed by atoms with van der Waals surface area (Å²) in [6.45, 7) is 0.312. The van der Waals surface area contributed by atoms with Crippen molar-refractivity contribution in [1.29, 1.82) is 0 Å². The van der Waals surface area contributed by atoms with E-state index in [9.17, 15) is 19.2 Å². The zero-order valence-corrected chi connectivity index (χ0v) is 26.1. The Balaban J connectivity index is 1.23. The summed E-state index contributed by atoms with van der Waals surface area (Å²) >= 11 is 0. The highest BCUT2D eigenvalue weighted by Crippen LogP contribution is 2.38. The van der Waals surface area contributed by atoms with E-state index in [1.807, 2.05) is 54.6 Å². The van der Waals surface area contributed by atoms with Gasteiger partial charge in [0.25, 0.3) is 17.7 Å². The van der Waals surface area contributed by atoms with Crippen molar-refractivity contribution in [3.8, 4) is 5.75 Å². The molecular formula is C39H32N4O5. The third-order valence-corrected chi connectivity index (χ3v) is 9.48. The number of carbonyl (C=O) groups excluding carboxylic acids is 3. The van der Waals surface area contributed by atoms with Crippen LogP contribution in [-0.2, 0) is 19.4 Å². The molecule has 0 saturated heterocycles. The van der Waals surface area contributed by atoms with Crippen LogP contribution in [0.25, 0.3) is 0 Å². The van der Waals surface area contributed by atoms with E-state index in [-0.39, 0.29) is 55.7 Å². The van der Waals surface area contributed by atoms with Gasteiger partial charge in [0.2, 0.25) is 5.43 Å². The van der Waals surface area contributed by atoms with Crippen LogP contribution in [0.15, 0.2) is 120 Å². The van der Waals surface area contributed by atoms with Crippen molar-refractivity contribution >= 4 is 17.7 Å². The van der Waals surface area contributed by atoms with Crippen molar-refractivity contribution in [2.75, 3.05) is 24.8 Å². The fourth-order valence-corrected chi connectivity index (χ4v) is 7.10. The van der Waals surface area contributed by atoms with Crippen LogP contribution in [0.3, 0.4) is 0 Å². The SMILES string of the molecule is O=C1c2c(OCc3ccccc3)c(=O)ccn2N(C2c3ccccc3CCc3ccccc32)CN1CCN1C(=O)c2ccccc2C1=O.